The van der Waals surface area contributed by atoms with Crippen LogP contribution in [0.3, 0.4) is 0 Å². The zero-order chi connectivity index (χ0) is 22.5. The van der Waals surface area contributed by atoms with Crippen molar-refractivity contribution < 1.29 is 8.78 Å². The topological polar surface area (TPSA) is 0 Å². The van der Waals surface area contributed by atoms with Crippen molar-refractivity contribution in [2.45, 2.75) is 103 Å². The average Bonchev–Trinajstić information content (AvgIpc) is 2.82. The van der Waals surface area contributed by atoms with Gasteiger partial charge in [0.25, 0.3) is 0 Å². The summed E-state index contributed by atoms with van der Waals surface area (Å²) in [5, 5.41) is 0. The van der Waals surface area contributed by atoms with Crippen LogP contribution in [0.2, 0.25) is 0 Å². The van der Waals surface area contributed by atoms with E-state index < -0.39 is 0 Å². The zero-order valence-electron chi connectivity index (χ0n) is 20.0. The third kappa shape index (κ3) is 5.43. The predicted octanol–water partition coefficient (Wildman–Crippen LogP) is 9.78. The first-order chi connectivity index (χ1) is 15.6. The maximum absolute atomic E-state index is 15.1. The first-order valence-electron chi connectivity index (χ1n) is 13.2. The minimum atomic E-state index is -0.287. The molecule has 2 fully saturated rings. The lowest BCUT2D eigenvalue weighted by atomic mass is 9.76. The van der Waals surface area contributed by atoms with Gasteiger partial charge in [0.1, 0.15) is 11.6 Å². The summed E-state index contributed by atoms with van der Waals surface area (Å²) < 4.78 is 30.1. The number of benzene rings is 2. The van der Waals surface area contributed by atoms with Crippen molar-refractivity contribution >= 4 is 0 Å². The van der Waals surface area contributed by atoms with Gasteiger partial charge in [-0.15, -0.1) is 0 Å². The largest absolute Gasteiger partial charge is 0.207 e. The van der Waals surface area contributed by atoms with Crippen LogP contribution in [0.1, 0.15) is 114 Å². The van der Waals surface area contributed by atoms with Gasteiger partial charge in [0, 0.05) is 5.56 Å². The van der Waals surface area contributed by atoms with Crippen LogP contribution in [0.25, 0.3) is 11.1 Å². The van der Waals surface area contributed by atoms with E-state index in [9.17, 15) is 0 Å². The summed E-state index contributed by atoms with van der Waals surface area (Å²) in [6.07, 6.45) is 14.5. The molecule has 4 rings (SSSR count). The van der Waals surface area contributed by atoms with Crippen molar-refractivity contribution in [1.29, 1.82) is 0 Å². The van der Waals surface area contributed by atoms with Gasteiger partial charge in [0.15, 0.2) is 0 Å². The second-order valence-corrected chi connectivity index (χ2v) is 10.5. The Labute approximate surface area is 193 Å². The maximum Gasteiger partial charge on any atom is 0.131 e. The number of halogens is 2. The lowest BCUT2D eigenvalue weighted by molar-refractivity contribution is 0.304. The Balaban J connectivity index is 1.43. The summed E-state index contributed by atoms with van der Waals surface area (Å²) >= 11 is 0. The summed E-state index contributed by atoms with van der Waals surface area (Å²) in [6.45, 7) is 4.50. The summed E-state index contributed by atoms with van der Waals surface area (Å²) in [4.78, 5) is 0. The monoisotopic (exact) mass is 438 g/mol. The van der Waals surface area contributed by atoms with Gasteiger partial charge in [-0.25, -0.2) is 8.78 Å². The minimum Gasteiger partial charge on any atom is -0.207 e. The van der Waals surface area contributed by atoms with E-state index in [1.807, 2.05) is 12.1 Å². The molecule has 2 aliphatic rings. The highest BCUT2D eigenvalue weighted by molar-refractivity contribution is 5.65. The van der Waals surface area contributed by atoms with E-state index in [1.165, 1.54) is 69.1 Å². The molecular weight excluding hydrogens is 398 g/mol. The van der Waals surface area contributed by atoms with E-state index in [-0.39, 0.29) is 17.6 Å². The van der Waals surface area contributed by atoms with Crippen molar-refractivity contribution in [2.75, 3.05) is 0 Å². The molecule has 2 saturated carbocycles. The van der Waals surface area contributed by atoms with Crippen LogP contribution >= 0.6 is 0 Å². The minimum absolute atomic E-state index is 0.164. The van der Waals surface area contributed by atoms with Gasteiger partial charge in [-0.2, -0.15) is 0 Å². The van der Waals surface area contributed by atoms with E-state index >= 15 is 8.78 Å². The summed E-state index contributed by atoms with van der Waals surface area (Å²) in [5.74, 6) is 1.92. The van der Waals surface area contributed by atoms with Crippen LogP contribution in [-0.2, 0) is 0 Å². The fourth-order valence-electron chi connectivity index (χ4n) is 6.39. The predicted molar refractivity (Wildman–Crippen MR) is 131 cm³/mol. The van der Waals surface area contributed by atoms with Crippen LogP contribution in [0.5, 0.6) is 0 Å². The number of hydrogen-bond donors (Lipinski definition) is 0. The van der Waals surface area contributed by atoms with Crippen LogP contribution < -0.4 is 0 Å². The second-order valence-electron chi connectivity index (χ2n) is 10.5. The van der Waals surface area contributed by atoms with Gasteiger partial charge in [0.2, 0.25) is 0 Å². The lowest BCUT2D eigenvalue weighted by Gasteiger charge is -2.29. The fourth-order valence-corrected chi connectivity index (χ4v) is 6.39. The van der Waals surface area contributed by atoms with Crippen LogP contribution in [-0.4, -0.2) is 0 Å². The van der Waals surface area contributed by atoms with E-state index in [2.05, 4.69) is 26.0 Å². The van der Waals surface area contributed by atoms with E-state index in [0.717, 1.165) is 43.1 Å². The van der Waals surface area contributed by atoms with Crippen molar-refractivity contribution in [1.82, 2.24) is 0 Å². The Kier molecular flexibility index (Phi) is 8.02. The average molecular weight is 439 g/mol. The number of hydrogen-bond acceptors (Lipinski definition) is 0. The maximum atomic E-state index is 15.1. The SMILES string of the molecule is CCC[C@H]1CC[C@H](c2ccc(-c3cc(F)c([C@H]4CC[C@H](CCC)CC4)cc3F)cc2)CC1. The lowest BCUT2D eigenvalue weighted by Crippen LogP contribution is -2.14. The van der Waals surface area contributed by atoms with Gasteiger partial charge in [-0.1, -0.05) is 63.8 Å². The summed E-state index contributed by atoms with van der Waals surface area (Å²) in [5.41, 5.74) is 3.11. The van der Waals surface area contributed by atoms with Crippen molar-refractivity contribution in [3.63, 3.8) is 0 Å². The molecule has 0 unspecified atom stereocenters. The molecule has 2 heteroatoms. The zero-order valence-corrected chi connectivity index (χ0v) is 20.0. The molecule has 0 atom stereocenters. The van der Waals surface area contributed by atoms with Gasteiger partial charge in [0.05, 0.1) is 0 Å². The van der Waals surface area contributed by atoms with Gasteiger partial charge >= 0.3 is 0 Å². The van der Waals surface area contributed by atoms with Gasteiger partial charge in [-0.3, -0.25) is 0 Å². The van der Waals surface area contributed by atoms with E-state index in [4.69, 9.17) is 0 Å². The Hall–Kier alpha value is -1.70. The van der Waals surface area contributed by atoms with Crippen molar-refractivity contribution in [2.24, 2.45) is 11.8 Å². The molecule has 0 nitrogen and oxygen atoms in total. The molecule has 0 bridgehead atoms. The van der Waals surface area contributed by atoms with Crippen LogP contribution in [0.15, 0.2) is 36.4 Å². The second kappa shape index (κ2) is 10.9. The third-order valence-corrected chi connectivity index (χ3v) is 8.31. The molecule has 2 aromatic carbocycles. The Morgan fingerprint density at radius 2 is 1.19 bits per heavy atom. The molecule has 2 aromatic rings. The molecule has 0 heterocycles. The highest BCUT2D eigenvalue weighted by Gasteiger charge is 2.26. The number of rotatable bonds is 7. The highest BCUT2D eigenvalue weighted by atomic mass is 19.1. The molecule has 174 valence electrons. The standard InChI is InChI=1S/C30H40F2/c1-3-5-21-7-11-23(12-8-21)24-15-17-26(18-16-24)28-20-29(31)27(19-30(28)32)25-13-9-22(6-4-2)10-14-25/h15-23,25H,3-14H2,1-2H3/t21-,22-,23-,25-. The molecular formula is C30H40F2. The quantitative estimate of drug-likeness (QED) is 0.403. The molecule has 0 aliphatic heterocycles. The smallest absolute Gasteiger partial charge is 0.131 e. The molecule has 0 aromatic heterocycles. The molecule has 0 radical (unpaired) electrons. The van der Waals surface area contributed by atoms with Crippen LogP contribution in [0.4, 0.5) is 8.78 Å². The third-order valence-electron chi connectivity index (χ3n) is 8.31. The van der Waals surface area contributed by atoms with Gasteiger partial charge in [-0.05, 0) is 104 Å². The normalized spacial score (nSPS) is 26.2. The first kappa shape index (κ1) is 23.5. The molecule has 0 amide bonds. The van der Waals surface area contributed by atoms with Crippen molar-refractivity contribution in [3.8, 4) is 11.1 Å². The Bertz CT molecular complexity index is 853. The molecule has 2 aliphatic carbocycles. The highest BCUT2D eigenvalue weighted by Crippen LogP contribution is 2.41. The Morgan fingerprint density at radius 1 is 0.656 bits per heavy atom. The van der Waals surface area contributed by atoms with Crippen molar-refractivity contribution in [3.05, 3.63) is 59.2 Å². The summed E-state index contributed by atoms with van der Waals surface area (Å²) in [6, 6.07) is 11.2. The molecule has 0 spiro atoms. The van der Waals surface area contributed by atoms with Gasteiger partial charge < -0.3 is 0 Å². The first-order valence-corrected chi connectivity index (χ1v) is 13.2. The van der Waals surface area contributed by atoms with Crippen LogP contribution in [0, 0.1) is 23.5 Å². The molecule has 0 saturated heterocycles. The fraction of sp³-hybridized carbons (Fsp3) is 0.600. The summed E-state index contributed by atoms with van der Waals surface area (Å²) in [7, 11) is 0. The van der Waals surface area contributed by atoms with E-state index in [1.54, 1.807) is 0 Å². The molecule has 0 N–H and O–H groups in total. The van der Waals surface area contributed by atoms with E-state index in [0.29, 0.717) is 17.0 Å². The molecule has 32 heavy (non-hydrogen) atoms. The Morgan fingerprint density at radius 3 is 1.72 bits per heavy atom.